The van der Waals surface area contributed by atoms with Crippen molar-refractivity contribution in [1.82, 2.24) is 5.32 Å². The largest absolute Gasteiger partial charge is 0.313 e. The van der Waals surface area contributed by atoms with Crippen LogP contribution in [0.2, 0.25) is 5.02 Å². The number of rotatable bonds is 4. The highest BCUT2D eigenvalue weighted by Crippen LogP contribution is 2.27. The number of likely N-dealkylation sites (N-methyl/N-ethyl adjacent to an activating group) is 1. The molecule has 0 bridgehead atoms. The van der Waals surface area contributed by atoms with E-state index in [1.165, 1.54) is 12.1 Å². The van der Waals surface area contributed by atoms with Gasteiger partial charge in [-0.2, -0.15) is 0 Å². The van der Waals surface area contributed by atoms with E-state index in [1.54, 1.807) is 13.1 Å². The number of benzene rings is 2. The van der Waals surface area contributed by atoms with Crippen LogP contribution in [0.25, 0.3) is 0 Å². The second-order valence-corrected chi connectivity index (χ2v) is 5.31. The first-order valence-corrected chi connectivity index (χ1v) is 6.87. The van der Waals surface area contributed by atoms with E-state index in [0.717, 1.165) is 23.3 Å². The number of hydrogen-bond acceptors (Lipinski definition) is 1. The summed E-state index contributed by atoms with van der Waals surface area (Å²) in [6.45, 7) is 1.85. The summed E-state index contributed by atoms with van der Waals surface area (Å²) >= 11 is 5.56. The van der Waals surface area contributed by atoms with Gasteiger partial charge in [0.15, 0.2) is 0 Å². The van der Waals surface area contributed by atoms with E-state index in [2.05, 4.69) is 5.32 Å². The highest BCUT2D eigenvalue weighted by Gasteiger charge is 2.18. The Labute approximate surface area is 126 Å². The van der Waals surface area contributed by atoms with Crippen molar-refractivity contribution >= 4 is 11.6 Å². The molecule has 0 aliphatic heterocycles. The SMILES string of the molecule is CNC(Cc1cc(F)ccc1C)c1cc(F)c(Cl)cc1F. The lowest BCUT2D eigenvalue weighted by atomic mass is 9.95. The van der Waals surface area contributed by atoms with E-state index in [-0.39, 0.29) is 16.4 Å². The zero-order chi connectivity index (χ0) is 15.6. The lowest BCUT2D eigenvalue weighted by molar-refractivity contribution is 0.521. The molecule has 2 aromatic carbocycles. The minimum atomic E-state index is -0.677. The Morgan fingerprint density at radius 1 is 1.10 bits per heavy atom. The topological polar surface area (TPSA) is 12.0 Å². The van der Waals surface area contributed by atoms with E-state index >= 15 is 0 Å². The van der Waals surface area contributed by atoms with Crippen molar-refractivity contribution in [1.29, 1.82) is 0 Å². The summed E-state index contributed by atoms with van der Waals surface area (Å²) in [5, 5.41) is 2.67. The van der Waals surface area contributed by atoms with Crippen molar-refractivity contribution in [2.45, 2.75) is 19.4 Å². The maximum Gasteiger partial charge on any atom is 0.142 e. The van der Waals surface area contributed by atoms with Crippen LogP contribution in [-0.4, -0.2) is 7.05 Å². The number of hydrogen-bond donors (Lipinski definition) is 1. The first-order chi connectivity index (χ1) is 9.92. The Morgan fingerprint density at radius 3 is 2.48 bits per heavy atom. The van der Waals surface area contributed by atoms with Gasteiger partial charge >= 0.3 is 0 Å². The summed E-state index contributed by atoms with van der Waals surface area (Å²) in [7, 11) is 1.64. The molecule has 0 aliphatic carbocycles. The summed E-state index contributed by atoms with van der Waals surface area (Å²) in [6, 6.07) is 6.00. The monoisotopic (exact) mass is 313 g/mol. The van der Waals surface area contributed by atoms with E-state index in [4.69, 9.17) is 11.6 Å². The van der Waals surface area contributed by atoms with Gasteiger partial charge in [0.1, 0.15) is 17.5 Å². The normalized spacial score (nSPS) is 12.5. The quantitative estimate of drug-likeness (QED) is 0.815. The third-order valence-electron chi connectivity index (χ3n) is 3.50. The molecule has 1 atom stereocenters. The summed E-state index contributed by atoms with van der Waals surface area (Å²) in [6.07, 6.45) is 0.345. The molecule has 0 spiro atoms. The van der Waals surface area contributed by atoms with Gasteiger partial charge in [0.25, 0.3) is 0 Å². The first-order valence-electron chi connectivity index (χ1n) is 6.49. The molecule has 0 amide bonds. The molecule has 0 saturated heterocycles. The fourth-order valence-corrected chi connectivity index (χ4v) is 2.40. The van der Waals surface area contributed by atoms with Crippen molar-refractivity contribution < 1.29 is 13.2 Å². The Bertz CT molecular complexity index is 658. The van der Waals surface area contributed by atoms with Gasteiger partial charge in [-0.05, 0) is 55.8 Å². The van der Waals surface area contributed by atoms with Gasteiger partial charge in [0, 0.05) is 11.6 Å². The van der Waals surface area contributed by atoms with Crippen LogP contribution in [0.4, 0.5) is 13.2 Å². The standard InChI is InChI=1S/C16H15ClF3N/c1-9-3-4-11(18)5-10(9)6-16(21-2)12-7-15(20)13(17)8-14(12)19/h3-5,7-8,16,21H,6H2,1-2H3. The lowest BCUT2D eigenvalue weighted by Crippen LogP contribution is -2.21. The molecule has 0 fully saturated rings. The predicted octanol–water partition coefficient (Wildman–Crippen LogP) is 4.57. The Hall–Kier alpha value is -1.52. The maximum atomic E-state index is 14.0. The number of halogens is 4. The number of nitrogens with one attached hydrogen (secondary N) is 1. The Balaban J connectivity index is 2.36. The molecule has 2 rings (SSSR count). The summed E-state index contributed by atoms with van der Waals surface area (Å²) < 4.78 is 40.9. The zero-order valence-electron chi connectivity index (χ0n) is 11.7. The predicted molar refractivity (Wildman–Crippen MR) is 78.0 cm³/mol. The molecule has 0 heterocycles. The molecule has 1 unspecified atom stereocenters. The molecular weight excluding hydrogens is 299 g/mol. The molecular formula is C16H15ClF3N. The summed E-state index contributed by atoms with van der Waals surface area (Å²) in [5.74, 6) is -1.62. The highest BCUT2D eigenvalue weighted by atomic mass is 35.5. The van der Waals surface area contributed by atoms with Crippen LogP contribution in [0, 0.1) is 24.4 Å². The van der Waals surface area contributed by atoms with Crippen LogP contribution >= 0.6 is 11.6 Å². The minimum absolute atomic E-state index is 0.170. The Kier molecular flexibility index (Phi) is 4.91. The molecule has 5 heteroatoms. The fraction of sp³-hybridized carbons (Fsp3) is 0.250. The maximum absolute atomic E-state index is 14.0. The van der Waals surface area contributed by atoms with Crippen molar-refractivity contribution in [2.24, 2.45) is 0 Å². The minimum Gasteiger partial charge on any atom is -0.313 e. The van der Waals surface area contributed by atoms with Gasteiger partial charge in [0.2, 0.25) is 0 Å². The lowest BCUT2D eigenvalue weighted by Gasteiger charge is -2.19. The van der Waals surface area contributed by atoms with E-state index in [0.29, 0.717) is 6.42 Å². The van der Waals surface area contributed by atoms with Gasteiger partial charge < -0.3 is 5.32 Å². The van der Waals surface area contributed by atoms with Gasteiger partial charge in [-0.15, -0.1) is 0 Å². The van der Waals surface area contributed by atoms with Gasteiger partial charge in [-0.25, -0.2) is 13.2 Å². The van der Waals surface area contributed by atoms with Gasteiger partial charge in [-0.1, -0.05) is 17.7 Å². The Morgan fingerprint density at radius 2 is 1.81 bits per heavy atom. The van der Waals surface area contributed by atoms with Crippen molar-refractivity contribution in [3.05, 3.63) is 69.5 Å². The van der Waals surface area contributed by atoms with Crippen LogP contribution in [0.5, 0.6) is 0 Å². The average molecular weight is 314 g/mol. The molecule has 2 aromatic rings. The van der Waals surface area contributed by atoms with Crippen LogP contribution in [0.1, 0.15) is 22.7 Å². The summed E-state index contributed by atoms with van der Waals surface area (Å²) in [5.41, 5.74) is 1.80. The van der Waals surface area contributed by atoms with Gasteiger partial charge in [-0.3, -0.25) is 0 Å². The number of aryl methyl sites for hydroxylation is 1. The van der Waals surface area contributed by atoms with Crippen molar-refractivity contribution in [3.8, 4) is 0 Å². The molecule has 0 radical (unpaired) electrons. The average Bonchev–Trinajstić information content (AvgIpc) is 2.44. The molecule has 112 valence electrons. The van der Waals surface area contributed by atoms with E-state index < -0.39 is 17.7 Å². The molecule has 1 nitrogen and oxygen atoms in total. The van der Waals surface area contributed by atoms with Crippen LogP contribution < -0.4 is 5.32 Å². The fourth-order valence-electron chi connectivity index (χ4n) is 2.25. The van der Waals surface area contributed by atoms with Gasteiger partial charge in [0.05, 0.1) is 5.02 Å². The first kappa shape index (κ1) is 15.9. The molecule has 0 saturated carbocycles. The van der Waals surface area contributed by atoms with Crippen molar-refractivity contribution in [3.63, 3.8) is 0 Å². The van der Waals surface area contributed by atoms with Crippen LogP contribution in [-0.2, 0) is 6.42 Å². The molecule has 21 heavy (non-hydrogen) atoms. The molecule has 0 aromatic heterocycles. The molecule has 1 N–H and O–H groups in total. The molecule has 0 aliphatic rings. The van der Waals surface area contributed by atoms with E-state index in [9.17, 15) is 13.2 Å². The third-order valence-corrected chi connectivity index (χ3v) is 3.79. The second kappa shape index (κ2) is 6.50. The van der Waals surface area contributed by atoms with Crippen LogP contribution in [0.3, 0.4) is 0 Å². The second-order valence-electron chi connectivity index (χ2n) is 4.90. The third kappa shape index (κ3) is 3.57. The summed E-state index contributed by atoms with van der Waals surface area (Å²) in [4.78, 5) is 0. The van der Waals surface area contributed by atoms with Crippen molar-refractivity contribution in [2.75, 3.05) is 7.05 Å². The van der Waals surface area contributed by atoms with E-state index in [1.807, 2.05) is 6.92 Å². The highest BCUT2D eigenvalue weighted by molar-refractivity contribution is 6.30. The van der Waals surface area contributed by atoms with Crippen LogP contribution in [0.15, 0.2) is 30.3 Å². The zero-order valence-corrected chi connectivity index (χ0v) is 12.4. The smallest absolute Gasteiger partial charge is 0.142 e.